The van der Waals surface area contributed by atoms with Gasteiger partial charge in [0.2, 0.25) is 11.8 Å². The molecule has 6 nitrogen and oxygen atoms in total. The maximum atomic E-state index is 13.3. The summed E-state index contributed by atoms with van der Waals surface area (Å²) in [7, 11) is 1.87. The molecule has 0 aromatic heterocycles. The van der Waals surface area contributed by atoms with Crippen LogP contribution in [0.2, 0.25) is 0 Å². The fraction of sp³-hybridized carbons (Fsp3) is 0.630. The summed E-state index contributed by atoms with van der Waals surface area (Å²) in [4.78, 5) is 27.4. The van der Waals surface area contributed by atoms with Crippen LogP contribution in [0.4, 0.5) is 4.39 Å². The molecule has 1 atom stereocenters. The van der Waals surface area contributed by atoms with Gasteiger partial charge in [-0.15, -0.1) is 0 Å². The van der Waals surface area contributed by atoms with Gasteiger partial charge in [0.05, 0.1) is 19.1 Å². The molecule has 2 saturated carbocycles. The summed E-state index contributed by atoms with van der Waals surface area (Å²) in [5, 5.41) is 9.67. The third-order valence-electron chi connectivity index (χ3n) is 6.85. The SMILES string of the molecule is CCNC(C(=O)N(C)CC(NCC(=O)NCCCc1ccc(F)cc1)=C1CC1)C1CCCCC1. The molecule has 1 aromatic rings. The lowest BCUT2D eigenvalue weighted by atomic mass is 9.83. The first kappa shape index (κ1) is 26.2. The summed E-state index contributed by atoms with van der Waals surface area (Å²) in [6, 6.07) is 6.36. The van der Waals surface area contributed by atoms with E-state index in [-0.39, 0.29) is 30.2 Å². The maximum absolute atomic E-state index is 13.3. The van der Waals surface area contributed by atoms with Gasteiger partial charge in [-0.05, 0) is 74.3 Å². The molecule has 2 amide bonds. The van der Waals surface area contributed by atoms with E-state index in [2.05, 4.69) is 22.9 Å². The highest BCUT2D eigenvalue weighted by Crippen LogP contribution is 2.31. The molecule has 0 bridgehead atoms. The summed E-state index contributed by atoms with van der Waals surface area (Å²) >= 11 is 0. The van der Waals surface area contributed by atoms with E-state index in [1.54, 1.807) is 12.1 Å². The highest BCUT2D eigenvalue weighted by molar-refractivity contribution is 5.82. The van der Waals surface area contributed by atoms with Gasteiger partial charge in [0, 0.05) is 19.3 Å². The topological polar surface area (TPSA) is 73.5 Å². The molecule has 7 heteroatoms. The number of aryl methyl sites for hydroxylation is 1. The summed E-state index contributed by atoms with van der Waals surface area (Å²) in [6.07, 6.45) is 9.58. The number of amides is 2. The fourth-order valence-electron chi connectivity index (χ4n) is 4.77. The predicted molar refractivity (Wildman–Crippen MR) is 134 cm³/mol. The van der Waals surface area contributed by atoms with Crippen molar-refractivity contribution >= 4 is 11.8 Å². The van der Waals surface area contributed by atoms with E-state index in [1.165, 1.54) is 37.0 Å². The zero-order valence-electron chi connectivity index (χ0n) is 20.8. The molecular formula is C27H41FN4O2. The molecule has 3 rings (SSSR count). The minimum Gasteiger partial charge on any atom is -0.378 e. The lowest BCUT2D eigenvalue weighted by Crippen LogP contribution is -2.50. The first-order valence-corrected chi connectivity index (χ1v) is 12.9. The number of nitrogens with zero attached hydrogens (tertiary/aromatic N) is 1. The molecule has 1 aromatic carbocycles. The van der Waals surface area contributed by atoms with Crippen LogP contribution in [0.3, 0.4) is 0 Å². The molecule has 2 fully saturated rings. The van der Waals surface area contributed by atoms with Crippen molar-refractivity contribution in [3.63, 3.8) is 0 Å². The number of hydrogen-bond acceptors (Lipinski definition) is 4. The average molecular weight is 473 g/mol. The van der Waals surface area contributed by atoms with Gasteiger partial charge >= 0.3 is 0 Å². The second kappa shape index (κ2) is 13.5. The molecule has 0 aliphatic heterocycles. The lowest BCUT2D eigenvalue weighted by molar-refractivity contribution is -0.133. The summed E-state index contributed by atoms with van der Waals surface area (Å²) in [5.41, 5.74) is 3.38. The molecule has 0 radical (unpaired) electrons. The number of nitrogens with one attached hydrogen (secondary N) is 3. The van der Waals surface area contributed by atoms with E-state index in [1.807, 2.05) is 11.9 Å². The minimum absolute atomic E-state index is 0.0560. The average Bonchev–Trinajstić information content (AvgIpc) is 3.69. The van der Waals surface area contributed by atoms with Gasteiger partial charge in [-0.3, -0.25) is 9.59 Å². The van der Waals surface area contributed by atoms with E-state index in [4.69, 9.17) is 0 Å². The number of likely N-dealkylation sites (N-methyl/N-ethyl adjacent to an activating group) is 2. The van der Waals surface area contributed by atoms with Crippen molar-refractivity contribution in [1.82, 2.24) is 20.9 Å². The van der Waals surface area contributed by atoms with Gasteiger partial charge in [-0.25, -0.2) is 4.39 Å². The molecule has 2 aliphatic carbocycles. The summed E-state index contributed by atoms with van der Waals surface area (Å²) < 4.78 is 13.0. The maximum Gasteiger partial charge on any atom is 0.240 e. The first-order valence-electron chi connectivity index (χ1n) is 12.9. The second-order valence-corrected chi connectivity index (χ2v) is 9.64. The van der Waals surface area contributed by atoms with Crippen LogP contribution in [-0.4, -0.2) is 56.0 Å². The second-order valence-electron chi connectivity index (χ2n) is 9.64. The van der Waals surface area contributed by atoms with Crippen molar-refractivity contribution in [3.05, 3.63) is 46.9 Å². The van der Waals surface area contributed by atoms with E-state index >= 15 is 0 Å². The van der Waals surface area contributed by atoms with Gasteiger partial charge in [-0.1, -0.05) is 38.3 Å². The third kappa shape index (κ3) is 8.42. The van der Waals surface area contributed by atoms with Crippen molar-refractivity contribution in [2.24, 2.45) is 5.92 Å². The lowest BCUT2D eigenvalue weighted by Gasteiger charge is -2.33. The molecule has 2 aliphatic rings. The van der Waals surface area contributed by atoms with Crippen LogP contribution in [0.25, 0.3) is 0 Å². The Kier molecular flexibility index (Phi) is 10.4. The Balaban J connectivity index is 1.42. The Hall–Kier alpha value is -2.41. The highest BCUT2D eigenvalue weighted by Gasteiger charge is 2.31. The van der Waals surface area contributed by atoms with E-state index < -0.39 is 0 Å². The number of benzene rings is 1. The van der Waals surface area contributed by atoms with Crippen molar-refractivity contribution < 1.29 is 14.0 Å². The van der Waals surface area contributed by atoms with E-state index in [0.717, 1.165) is 56.3 Å². The third-order valence-corrected chi connectivity index (χ3v) is 6.85. The van der Waals surface area contributed by atoms with Crippen LogP contribution in [-0.2, 0) is 16.0 Å². The predicted octanol–water partition coefficient (Wildman–Crippen LogP) is 3.53. The monoisotopic (exact) mass is 472 g/mol. The number of hydrogen-bond donors (Lipinski definition) is 3. The Morgan fingerprint density at radius 2 is 1.79 bits per heavy atom. The van der Waals surface area contributed by atoms with E-state index in [0.29, 0.717) is 19.0 Å². The quantitative estimate of drug-likeness (QED) is 0.384. The first-order chi connectivity index (χ1) is 16.5. The summed E-state index contributed by atoms with van der Waals surface area (Å²) in [5.74, 6) is 0.274. The molecular weight excluding hydrogens is 431 g/mol. The Bertz CT molecular complexity index is 828. The molecule has 3 N–H and O–H groups in total. The number of rotatable bonds is 13. The zero-order valence-corrected chi connectivity index (χ0v) is 20.8. The van der Waals surface area contributed by atoms with Crippen molar-refractivity contribution in [3.8, 4) is 0 Å². The van der Waals surface area contributed by atoms with Crippen molar-refractivity contribution in [1.29, 1.82) is 0 Å². The molecule has 0 saturated heterocycles. The van der Waals surface area contributed by atoms with E-state index in [9.17, 15) is 14.0 Å². The number of carbonyl (C=O) groups is 2. The van der Waals surface area contributed by atoms with Crippen LogP contribution >= 0.6 is 0 Å². The molecule has 188 valence electrons. The fourth-order valence-corrected chi connectivity index (χ4v) is 4.77. The van der Waals surface area contributed by atoms with Crippen LogP contribution in [0, 0.1) is 11.7 Å². The number of halogens is 1. The molecule has 0 spiro atoms. The van der Waals surface area contributed by atoms with Crippen molar-refractivity contribution in [2.45, 2.75) is 70.8 Å². The largest absolute Gasteiger partial charge is 0.378 e. The Morgan fingerprint density at radius 3 is 2.44 bits per heavy atom. The van der Waals surface area contributed by atoms with Gasteiger partial charge < -0.3 is 20.9 Å². The van der Waals surface area contributed by atoms with Crippen molar-refractivity contribution in [2.75, 3.05) is 33.2 Å². The Labute approximate surface area is 203 Å². The van der Waals surface area contributed by atoms with Gasteiger partial charge in [0.25, 0.3) is 0 Å². The van der Waals surface area contributed by atoms with Gasteiger partial charge in [0.1, 0.15) is 5.82 Å². The summed E-state index contributed by atoms with van der Waals surface area (Å²) in [6.45, 7) is 4.14. The molecule has 34 heavy (non-hydrogen) atoms. The zero-order chi connectivity index (χ0) is 24.3. The van der Waals surface area contributed by atoms with Gasteiger partial charge in [-0.2, -0.15) is 0 Å². The number of allylic oxidation sites excluding steroid dienone is 1. The molecule has 0 heterocycles. The van der Waals surface area contributed by atoms with Crippen LogP contribution < -0.4 is 16.0 Å². The van der Waals surface area contributed by atoms with Gasteiger partial charge in [0.15, 0.2) is 0 Å². The van der Waals surface area contributed by atoms with Crippen LogP contribution in [0.15, 0.2) is 35.5 Å². The standard InChI is InChI=1S/C27H41FN4O2/c1-3-29-26(22-9-5-4-6-10-22)27(34)32(2)19-24(21-13-14-21)31-18-25(33)30-17-7-8-20-11-15-23(28)16-12-20/h11-12,15-16,22,26,29,31H,3-10,13-14,17-19H2,1-2H3,(H,30,33). The van der Waals surface area contributed by atoms with Crippen LogP contribution in [0.1, 0.15) is 63.9 Å². The smallest absolute Gasteiger partial charge is 0.240 e. The van der Waals surface area contributed by atoms with Crippen LogP contribution in [0.5, 0.6) is 0 Å². The highest BCUT2D eigenvalue weighted by atomic mass is 19.1. The Morgan fingerprint density at radius 1 is 1.09 bits per heavy atom. The molecule has 1 unspecified atom stereocenters. The number of carbonyl (C=O) groups excluding carboxylic acids is 2. The minimum atomic E-state index is -0.234. The normalized spacial score (nSPS) is 16.6.